The Morgan fingerprint density at radius 1 is 1.41 bits per heavy atom. The number of esters is 1. The molecule has 0 radical (unpaired) electrons. The third-order valence-corrected chi connectivity index (χ3v) is 4.19. The second kappa shape index (κ2) is 7.38. The number of methoxy groups -OCH3 is 1. The van der Waals surface area contributed by atoms with Gasteiger partial charge < -0.3 is 10.1 Å². The van der Waals surface area contributed by atoms with Crippen LogP contribution in [0, 0.1) is 5.82 Å². The van der Waals surface area contributed by atoms with E-state index in [1.54, 1.807) is 12.1 Å². The molecule has 0 saturated carbocycles. The molecule has 4 nitrogen and oxygen atoms in total. The lowest BCUT2D eigenvalue weighted by molar-refractivity contribution is -0.141. The number of hydrogen-bond acceptors (Lipinski definition) is 4. The molecule has 2 aromatic rings. The van der Waals surface area contributed by atoms with Gasteiger partial charge in [-0.2, -0.15) is 0 Å². The summed E-state index contributed by atoms with van der Waals surface area (Å²) in [5, 5.41) is 4.68. The minimum Gasteiger partial charge on any atom is -0.469 e. The fourth-order valence-corrected chi connectivity index (χ4v) is 2.81. The van der Waals surface area contributed by atoms with Crippen molar-refractivity contribution >= 4 is 34.8 Å². The maximum absolute atomic E-state index is 13.8. The molecule has 7 heteroatoms. The topological polar surface area (TPSA) is 55.4 Å². The molecule has 0 saturated heterocycles. The van der Waals surface area contributed by atoms with Crippen LogP contribution in [0.5, 0.6) is 0 Å². The van der Waals surface area contributed by atoms with E-state index in [0.29, 0.717) is 0 Å². The van der Waals surface area contributed by atoms with E-state index in [1.165, 1.54) is 30.6 Å². The summed E-state index contributed by atoms with van der Waals surface area (Å²) in [6, 6.07) is 6.82. The Kier molecular flexibility index (Phi) is 5.51. The van der Waals surface area contributed by atoms with E-state index >= 15 is 0 Å². The molecule has 1 aromatic carbocycles. The summed E-state index contributed by atoms with van der Waals surface area (Å²) in [4.78, 5) is 24.5. The number of ether oxygens (including phenoxy) is 1. The maximum Gasteiger partial charge on any atom is 0.307 e. The molecule has 22 heavy (non-hydrogen) atoms. The molecule has 0 fully saturated rings. The zero-order valence-corrected chi connectivity index (χ0v) is 13.2. The van der Waals surface area contributed by atoms with Crippen molar-refractivity contribution < 1.29 is 18.7 Å². The molecule has 0 aliphatic rings. The first-order valence-corrected chi connectivity index (χ1v) is 7.63. The van der Waals surface area contributed by atoms with Gasteiger partial charge >= 0.3 is 5.97 Å². The zero-order chi connectivity index (χ0) is 16.1. The number of benzene rings is 1. The Labute approximate surface area is 135 Å². The predicted molar refractivity (Wildman–Crippen MR) is 82.6 cm³/mol. The minimum atomic E-state index is -0.715. The quantitative estimate of drug-likeness (QED) is 0.846. The summed E-state index contributed by atoms with van der Waals surface area (Å²) in [5.74, 6) is -1.79. The van der Waals surface area contributed by atoms with Crippen LogP contribution in [0.1, 0.15) is 27.7 Å². The van der Waals surface area contributed by atoms with Crippen LogP contribution in [0.4, 0.5) is 4.39 Å². The van der Waals surface area contributed by atoms with Crippen molar-refractivity contribution in [3.63, 3.8) is 0 Å². The van der Waals surface area contributed by atoms with Crippen LogP contribution in [0.2, 0.25) is 5.02 Å². The van der Waals surface area contributed by atoms with Gasteiger partial charge in [0.05, 0.1) is 25.1 Å². The van der Waals surface area contributed by atoms with Gasteiger partial charge in [-0.15, -0.1) is 11.3 Å². The van der Waals surface area contributed by atoms with Gasteiger partial charge in [-0.3, -0.25) is 9.59 Å². The standard InChI is InChI=1S/C15H13ClFNO3S/c1-21-14(19)8-12(13-3-2-6-22-13)18-15(20)10-5-4-9(16)7-11(10)17/h2-7,12H,8H2,1H3,(H,18,20)/t12-/m0/s1. The van der Waals surface area contributed by atoms with E-state index in [9.17, 15) is 14.0 Å². The molecule has 1 atom stereocenters. The smallest absolute Gasteiger partial charge is 0.307 e. The fourth-order valence-electron chi connectivity index (χ4n) is 1.87. The van der Waals surface area contributed by atoms with Gasteiger partial charge in [0.2, 0.25) is 0 Å². The van der Waals surface area contributed by atoms with Crippen LogP contribution in [0.3, 0.4) is 0 Å². The van der Waals surface area contributed by atoms with Crippen molar-refractivity contribution in [3.8, 4) is 0 Å². The second-order valence-corrected chi connectivity index (χ2v) is 5.86. The lowest BCUT2D eigenvalue weighted by Gasteiger charge is -2.16. The van der Waals surface area contributed by atoms with E-state index in [4.69, 9.17) is 11.6 Å². The first-order valence-electron chi connectivity index (χ1n) is 6.37. The third kappa shape index (κ3) is 4.05. The summed E-state index contributed by atoms with van der Waals surface area (Å²) in [7, 11) is 1.27. The summed E-state index contributed by atoms with van der Waals surface area (Å²) in [6.45, 7) is 0. The van der Waals surface area contributed by atoms with Crippen molar-refractivity contribution in [2.75, 3.05) is 7.11 Å². The highest BCUT2D eigenvalue weighted by Gasteiger charge is 2.22. The van der Waals surface area contributed by atoms with E-state index in [0.717, 1.165) is 10.9 Å². The Bertz CT molecular complexity index is 675. The van der Waals surface area contributed by atoms with Gasteiger partial charge in [0.15, 0.2) is 0 Å². The first-order chi connectivity index (χ1) is 10.5. The monoisotopic (exact) mass is 341 g/mol. The highest BCUT2D eigenvalue weighted by atomic mass is 35.5. The maximum atomic E-state index is 13.8. The molecule has 0 spiro atoms. The average molecular weight is 342 g/mol. The summed E-state index contributed by atoms with van der Waals surface area (Å²) >= 11 is 7.05. The number of halogens is 2. The summed E-state index contributed by atoms with van der Waals surface area (Å²) in [6.07, 6.45) is -0.0298. The normalized spacial score (nSPS) is 11.8. The molecular formula is C15H13ClFNO3S. The van der Waals surface area contributed by atoms with E-state index in [1.807, 2.05) is 5.38 Å². The molecule has 0 bridgehead atoms. The number of carbonyl (C=O) groups is 2. The Morgan fingerprint density at radius 3 is 2.77 bits per heavy atom. The largest absolute Gasteiger partial charge is 0.469 e. The number of rotatable bonds is 5. The van der Waals surface area contributed by atoms with Crippen molar-refractivity contribution in [2.45, 2.75) is 12.5 Å². The number of hydrogen-bond donors (Lipinski definition) is 1. The predicted octanol–water partition coefficient (Wildman–Crippen LogP) is 3.57. The van der Waals surface area contributed by atoms with Gasteiger partial charge in [0, 0.05) is 9.90 Å². The molecule has 2 rings (SSSR count). The van der Waals surface area contributed by atoms with Crippen LogP contribution in [-0.4, -0.2) is 19.0 Å². The molecule has 1 heterocycles. The lowest BCUT2D eigenvalue weighted by Crippen LogP contribution is -2.30. The van der Waals surface area contributed by atoms with Gasteiger partial charge in [-0.25, -0.2) is 4.39 Å². The van der Waals surface area contributed by atoms with Crippen molar-refractivity contribution in [1.82, 2.24) is 5.32 Å². The Morgan fingerprint density at radius 2 is 2.18 bits per heavy atom. The van der Waals surface area contributed by atoms with Crippen molar-refractivity contribution in [2.24, 2.45) is 0 Å². The molecule has 1 N–H and O–H groups in total. The molecule has 0 unspecified atom stereocenters. The number of amides is 1. The molecule has 0 aliphatic heterocycles. The van der Waals surface area contributed by atoms with E-state index in [2.05, 4.69) is 10.1 Å². The van der Waals surface area contributed by atoms with Gasteiger partial charge in [0.1, 0.15) is 5.82 Å². The summed E-state index contributed by atoms with van der Waals surface area (Å²) in [5.41, 5.74) is -0.129. The van der Waals surface area contributed by atoms with Gasteiger partial charge in [0.25, 0.3) is 5.91 Å². The Hall–Kier alpha value is -1.92. The zero-order valence-electron chi connectivity index (χ0n) is 11.6. The fraction of sp³-hybridized carbons (Fsp3) is 0.200. The van der Waals surface area contributed by atoms with Crippen LogP contribution in [-0.2, 0) is 9.53 Å². The number of carbonyl (C=O) groups excluding carboxylic acids is 2. The van der Waals surface area contributed by atoms with E-state index < -0.39 is 23.7 Å². The highest BCUT2D eigenvalue weighted by Crippen LogP contribution is 2.23. The van der Waals surface area contributed by atoms with Crippen LogP contribution >= 0.6 is 22.9 Å². The highest BCUT2D eigenvalue weighted by molar-refractivity contribution is 7.10. The van der Waals surface area contributed by atoms with Crippen molar-refractivity contribution in [3.05, 3.63) is 57.0 Å². The lowest BCUT2D eigenvalue weighted by atomic mass is 10.1. The second-order valence-electron chi connectivity index (χ2n) is 4.45. The first kappa shape index (κ1) is 16.5. The van der Waals surface area contributed by atoms with Crippen LogP contribution < -0.4 is 5.32 Å². The van der Waals surface area contributed by atoms with E-state index in [-0.39, 0.29) is 17.0 Å². The van der Waals surface area contributed by atoms with Gasteiger partial charge in [-0.05, 0) is 29.6 Å². The summed E-state index contributed by atoms with van der Waals surface area (Å²) < 4.78 is 18.4. The number of nitrogens with one attached hydrogen (secondary N) is 1. The molecule has 1 aromatic heterocycles. The number of thiophene rings is 1. The van der Waals surface area contributed by atoms with Gasteiger partial charge in [-0.1, -0.05) is 17.7 Å². The van der Waals surface area contributed by atoms with Crippen LogP contribution in [0.15, 0.2) is 35.7 Å². The average Bonchev–Trinajstić information content (AvgIpc) is 3.00. The van der Waals surface area contributed by atoms with Crippen LogP contribution in [0.25, 0.3) is 0 Å². The van der Waals surface area contributed by atoms with Crippen molar-refractivity contribution in [1.29, 1.82) is 0 Å². The molecule has 116 valence electrons. The Balaban J connectivity index is 2.19. The SMILES string of the molecule is COC(=O)C[C@H](NC(=O)c1ccc(Cl)cc1F)c1cccs1. The third-order valence-electron chi connectivity index (χ3n) is 2.97. The molecular weight excluding hydrogens is 329 g/mol. The minimum absolute atomic E-state index is 0.0298. The molecule has 1 amide bonds. The molecule has 0 aliphatic carbocycles.